The van der Waals surface area contributed by atoms with Crippen LogP contribution in [0, 0.1) is 6.92 Å². The lowest BCUT2D eigenvalue weighted by Gasteiger charge is -2.19. The predicted molar refractivity (Wildman–Crippen MR) is 169 cm³/mol. The number of benzene rings is 2. The number of amides is 1. The minimum Gasteiger partial charge on any atom is -0.366 e. The first-order valence-electron chi connectivity index (χ1n) is 14.8. The van der Waals surface area contributed by atoms with Crippen LogP contribution < -0.4 is 11.3 Å². The van der Waals surface area contributed by atoms with E-state index in [1.54, 1.807) is 23.2 Å². The van der Waals surface area contributed by atoms with Crippen molar-refractivity contribution < 1.29 is 14.3 Å². The molecule has 2 atom stereocenters. The fraction of sp³-hybridized carbons (Fsp3) is 0.294. The van der Waals surface area contributed by atoms with E-state index in [-0.39, 0.29) is 17.6 Å². The molecule has 1 aliphatic carbocycles. The van der Waals surface area contributed by atoms with Crippen LogP contribution in [0.25, 0.3) is 45.1 Å². The third-order valence-corrected chi connectivity index (χ3v) is 8.61. The van der Waals surface area contributed by atoms with Crippen molar-refractivity contribution in [1.29, 1.82) is 0 Å². The molecule has 2 aromatic carbocycles. The monoisotopic (exact) mass is 590 g/mol. The van der Waals surface area contributed by atoms with Crippen molar-refractivity contribution in [2.45, 2.75) is 58.5 Å². The molecule has 10 nitrogen and oxygen atoms in total. The van der Waals surface area contributed by atoms with Crippen molar-refractivity contribution in [2.75, 3.05) is 6.61 Å². The number of nitrogens with one attached hydrogen (secondary N) is 1. The van der Waals surface area contributed by atoms with Gasteiger partial charge in [0.1, 0.15) is 12.4 Å². The van der Waals surface area contributed by atoms with E-state index >= 15 is 0 Å². The van der Waals surface area contributed by atoms with Gasteiger partial charge in [-0.3, -0.25) is 18.8 Å². The lowest BCUT2D eigenvalue weighted by Crippen LogP contribution is -2.27. The first-order valence-corrected chi connectivity index (χ1v) is 14.8. The van der Waals surface area contributed by atoms with Gasteiger partial charge in [0.15, 0.2) is 5.79 Å². The minimum atomic E-state index is -0.602. The van der Waals surface area contributed by atoms with Gasteiger partial charge in [-0.1, -0.05) is 31.2 Å². The highest BCUT2D eigenvalue weighted by Crippen LogP contribution is 2.37. The molecule has 2 aliphatic rings. The third kappa shape index (κ3) is 4.76. The van der Waals surface area contributed by atoms with E-state index in [0.717, 1.165) is 56.7 Å². The Hall–Kier alpha value is -4.80. The molecule has 0 saturated carbocycles. The van der Waals surface area contributed by atoms with Gasteiger partial charge in [0.2, 0.25) is 0 Å². The maximum Gasteiger partial charge on any atom is 0.261 e. The van der Waals surface area contributed by atoms with Gasteiger partial charge in [0.25, 0.3) is 11.5 Å². The molecule has 1 saturated heterocycles. The molecular formula is C34H34N6O4. The van der Waals surface area contributed by atoms with Crippen molar-refractivity contribution in [2.24, 2.45) is 5.73 Å². The number of H-pyrrole nitrogens is 1. The Bertz CT molecular complexity index is 2030. The molecule has 4 heterocycles. The van der Waals surface area contributed by atoms with E-state index in [9.17, 15) is 9.59 Å². The average molecular weight is 591 g/mol. The molecule has 44 heavy (non-hydrogen) atoms. The van der Waals surface area contributed by atoms with Gasteiger partial charge in [-0.25, -0.2) is 4.98 Å². The number of carbonyl (C=O) groups excluding carboxylic acids is 1. The lowest BCUT2D eigenvalue weighted by atomic mass is 9.92. The number of primary amides is 1. The zero-order valence-corrected chi connectivity index (χ0v) is 25.1. The Balaban J connectivity index is 1.30. The van der Waals surface area contributed by atoms with Crippen LogP contribution in [0.5, 0.6) is 0 Å². The Morgan fingerprint density at radius 2 is 2.05 bits per heavy atom. The number of fused-ring (bicyclic) bond motifs is 2. The number of ether oxygens (including phenoxy) is 2. The second-order valence-corrected chi connectivity index (χ2v) is 12.1. The summed E-state index contributed by atoms with van der Waals surface area (Å²) in [5, 5.41) is 5.38. The van der Waals surface area contributed by atoms with Crippen LogP contribution in [0.15, 0.2) is 66.0 Å². The summed E-state index contributed by atoms with van der Waals surface area (Å²) in [6.07, 6.45) is 10.0. The number of aromatic nitrogens is 5. The number of rotatable bonds is 6. The number of hydrogen-bond donors (Lipinski definition) is 2. The molecule has 1 fully saturated rings. The molecule has 0 radical (unpaired) electrons. The number of nitrogens with zero attached hydrogens (tertiary/aromatic N) is 4. The molecule has 0 bridgehead atoms. The summed E-state index contributed by atoms with van der Waals surface area (Å²) in [5.41, 5.74) is 13.4. The van der Waals surface area contributed by atoms with E-state index in [1.807, 2.05) is 68.1 Å². The molecule has 5 aromatic rings. The predicted octanol–water partition coefficient (Wildman–Crippen LogP) is 5.32. The quantitative estimate of drug-likeness (QED) is 0.275. The fourth-order valence-electron chi connectivity index (χ4n) is 6.41. The fourth-order valence-corrected chi connectivity index (χ4v) is 6.41. The summed E-state index contributed by atoms with van der Waals surface area (Å²) in [6.45, 7) is 8.92. The Kier molecular flexibility index (Phi) is 6.64. The SMILES string of the molecule is Cc1c(-c2ccc(C(N)=O)c3[nH]c(-c4cnn(C[C@@H]5COC(C)(C)O5)c4)cc23)cccc1-n1cnc2c(c1=O)C(C)CC=C2. The lowest BCUT2D eigenvalue weighted by molar-refractivity contribution is -0.139. The zero-order chi connectivity index (χ0) is 30.7. The van der Waals surface area contributed by atoms with E-state index < -0.39 is 11.7 Å². The van der Waals surface area contributed by atoms with Gasteiger partial charge >= 0.3 is 0 Å². The minimum absolute atomic E-state index is 0.0552. The molecular weight excluding hydrogens is 556 g/mol. The number of nitrogens with two attached hydrogens (primary N) is 1. The molecule has 10 heteroatoms. The normalized spacial score (nSPS) is 19.0. The first kappa shape index (κ1) is 28.0. The summed E-state index contributed by atoms with van der Waals surface area (Å²) < 4.78 is 15.1. The molecule has 1 aliphatic heterocycles. The van der Waals surface area contributed by atoms with Crippen molar-refractivity contribution >= 4 is 22.9 Å². The maximum atomic E-state index is 13.7. The smallest absolute Gasteiger partial charge is 0.261 e. The molecule has 0 spiro atoms. The van der Waals surface area contributed by atoms with Gasteiger partial charge in [-0.05, 0) is 74.1 Å². The molecule has 1 amide bonds. The van der Waals surface area contributed by atoms with Crippen LogP contribution in [-0.2, 0) is 16.0 Å². The number of allylic oxidation sites excluding steroid dienone is 1. The highest BCUT2D eigenvalue weighted by Gasteiger charge is 2.33. The van der Waals surface area contributed by atoms with Gasteiger partial charge in [-0.2, -0.15) is 5.10 Å². The van der Waals surface area contributed by atoms with Crippen LogP contribution in [0.1, 0.15) is 60.3 Å². The van der Waals surface area contributed by atoms with Gasteiger partial charge in [-0.15, -0.1) is 0 Å². The number of aromatic amines is 1. The van der Waals surface area contributed by atoms with Gasteiger partial charge in [0.05, 0.1) is 41.8 Å². The van der Waals surface area contributed by atoms with Crippen LogP contribution >= 0.6 is 0 Å². The highest BCUT2D eigenvalue weighted by atomic mass is 16.7. The van der Waals surface area contributed by atoms with E-state index in [0.29, 0.717) is 24.2 Å². The average Bonchev–Trinajstić information content (AvgIpc) is 3.72. The maximum absolute atomic E-state index is 13.7. The topological polar surface area (TPSA) is 130 Å². The van der Waals surface area contributed by atoms with Crippen LogP contribution in [0.3, 0.4) is 0 Å². The van der Waals surface area contributed by atoms with Gasteiger partial charge < -0.3 is 20.2 Å². The largest absolute Gasteiger partial charge is 0.366 e. The Morgan fingerprint density at radius 3 is 2.82 bits per heavy atom. The van der Waals surface area contributed by atoms with Crippen LogP contribution in [0.4, 0.5) is 0 Å². The van der Waals surface area contributed by atoms with Crippen molar-refractivity contribution in [3.8, 4) is 28.1 Å². The number of carbonyl (C=O) groups is 1. The molecule has 224 valence electrons. The Labute approximate surface area is 254 Å². The zero-order valence-electron chi connectivity index (χ0n) is 25.1. The number of hydrogen-bond acceptors (Lipinski definition) is 6. The van der Waals surface area contributed by atoms with E-state index in [2.05, 4.69) is 28.1 Å². The Morgan fingerprint density at radius 1 is 1.20 bits per heavy atom. The summed E-state index contributed by atoms with van der Waals surface area (Å²) >= 11 is 0. The second kappa shape index (κ2) is 10.4. The summed E-state index contributed by atoms with van der Waals surface area (Å²) in [7, 11) is 0. The summed E-state index contributed by atoms with van der Waals surface area (Å²) in [4.78, 5) is 34.2. The molecule has 7 rings (SSSR count). The highest BCUT2D eigenvalue weighted by molar-refractivity contribution is 6.10. The van der Waals surface area contributed by atoms with Crippen molar-refractivity contribution in [3.05, 3.63) is 93.9 Å². The van der Waals surface area contributed by atoms with Crippen molar-refractivity contribution in [1.82, 2.24) is 24.3 Å². The van der Waals surface area contributed by atoms with Crippen LogP contribution in [-0.4, -0.2) is 48.7 Å². The van der Waals surface area contributed by atoms with E-state index in [4.69, 9.17) is 15.2 Å². The third-order valence-electron chi connectivity index (χ3n) is 8.61. The van der Waals surface area contributed by atoms with E-state index in [1.165, 1.54) is 0 Å². The standard InChI is InChI=1S/C34H34N6O4/c1-19-7-5-9-27-30(19)33(42)40(18-36-27)29-10-6-8-23(20(29)2)24-11-12-25(32(35)41)31-26(24)13-28(38-31)21-14-37-39(15-21)16-22-17-43-34(3,4)44-22/h5-6,8-15,18-19,22,38H,7,16-17H2,1-4H3,(H2,35,41)/t19?,22-/m1/s1. The molecule has 3 N–H and O–H groups in total. The van der Waals surface area contributed by atoms with Gasteiger partial charge in [0, 0.05) is 28.4 Å². The molecule has 3 aromatic heterocycles. The summed E-state index contributed by atoms with van der Waals surface area (Å²) in [5.74, 6) is -1.03. The van der Waals surface area contributed by atoms with Crippen LogP contribution in [0.2, 0.25) is 0 Å². The first-order chi connectivity index (χ1) is 21.1. The summed E-state index contributed by atoms with van der Waals surface area (Å²) in [6, 6.07) is 11.6. The second-order valence-electron chi connectivity index (χ2n) is 12.1. The van der Waals surface area contributed by atoms with Crippen molar-refractivity contribution in [3.63, 3.8) is 0 Å². The molecule has 1 unspecified atom stereocenters.